The molecule has 3 rings (SSSR count). The van der Waals surface area contributed by atoms with E-state index in [9.17, 15) is 4.79 Å². The summed E-state index contributed by atoms with van der Waals surface area (Å²) in [6, 6.07) is 7.47. The van der Waals surface area contributed by atoms with E-state index in [1.165, 1.54) is 6.20 Å². The number of carbonyl (C=O) groups excluding carboxylic acids is 1. The Labute approximate surface area is 123 Å². The molecule has 5 heteroatoms. The summed E-state index contributed by atoms with van der Waals surface area (Å²) in [5.41, 5.74) is 2.34. The van der Waals surface area contributed by atoms with E-state index in [-0.39, 0.29) is 11.8 Å². The van der Waals surface area contributed by atoms with Crippen molar-refractivity contribution >= 4 is 11.6 Å². The van der Waals surface area contributed by atoms with Crippen LogP contribution in [0.2, 0.25) is 0 Å². The molecule has 0 radical (unpaired) electrons. The molecule has 0 atom stereocenters. The largest absolute Gasteiger partial charge is 0.435 e. The standard InChI is InChI=1S/C16H17N3O2/c1-3-4-9-19-13-10-11(2)5-6-14(13)21-15-12(16(19)20)7-8-17-18-15/h5-8,10H,3-4,9H2,1-2H3. The average molecular weight is 283 g/mol. The Hall–Kier alpha value is -2.43. The summed E-state index contributed by atoms with van der Waals surface area (Å²) in [6.07, 6.45) is 3.47. The fourth-order valence-electron chi connectivity index (χ4n) is 2.38. The third-order valence-electron chi connectivity index (χ3n) is 3.51. The van der Waals surface area contributed by atoms with Crippen LogP contribution in [0.4, 0.5) is 5.69 Å². The molecule has 1 aliphatic rings. The summed E-state index contributed by atoms with van der Waals surface area (Å²) < 4.78 is 5.80. The molecule has 1 aliphatic heterocycles. The first-order chi connectivity index (χ1) is 10.2. The lowest BCUT2D eigenvalue weighted by molar-refractivity contribution is 0.0986. The van der Waals surface area contributed by atoms with E-state index in [4.69, 9.17) is 4.74 Å². The quantitative estimate of drug-likeness (QED) is 0.867. The van der Waals surface area contributed by atoms with Gasteiger partial charge in [0, 0.05) is 6.54 Å². The van der Waals surface area contributed by atoms with Crippen molar-refractivity contribution in [3.8, 4) is 11.6 Å². The van der Waals surface area contributed by atoms with E-state index < -0.39 is 0 Å². The molecule has 108 valence electrons. The lowest BCUT2D eigenvalue weighted by Crippen LogP contribution is -2.31. The van der Waals surface area contributed by atoms with Crippen LogP contribution in [-0.2, 0) is 0 Å². The second-order valence-corrected chi connectivity index (χ2v) is 5.13. The molecule has 0 saturated carbocycles. The Bertz CT molecular complexity index is 685. The van der Waals surface area contributed by atoms with Crippen LogP contribution in [0.25, 0.3) is 0 Å². The zero-order chi connectivity index (χ0) is 14.8. The molecule has 2 aromatic rings. The maximum atomic E-state index is 12.8. The number of rotatable bonds is 3. The first kappa shape index (κ1) is 13.5. The number of hydrogen-bond acceptors (Lipinski definition) is 4. The predicted octanol–water partition coefficient (Wildman–Crippen LogP) is 3.34. The molecule has 0 saturated heterocycles. The number of aromatic nitrogens is 2. The maximum Gasteiger partial charge on any atom is 0.264 e. The topological polar surface area (TPSA) is 55.3 Å². The van der Waals surface area contributed by atoms with Crippen LogP contribution in [0.5, 0.6) is 11.6 Å². The van der Waals surface area contributed by atoms with Gasteiger partial charge in [0.2, 0.25) is 0 Å². The van der Waals surface area contributed by atoms with Gasteiger partial charge in [-0.3, -0.25) is 4.79 Å². The fraction of sp³-hybridized carbons (Fsp3) is 0.312. The van der Waals surface area contributed by atoms with Crippen molar-refractivity contribution in [1.82, 2.24) is 10.2 Å². The van der Waals surface area contributed by atoms with Gasteiger partial charge in [0.25, 0.3) is 11.8 Å². The fourth-order valence-corrected chi connectivity index (χ4v) is 2.38. The summed E-state index contributed by atoms with van der Waals surface area (Å²) in [5.74, 6) is 0.827. The van der Waals surface area contributed by atoms with E-state index in [0.717, 1.165) is 24.1 Å². The number of anilines is 1. The van der Waals surface area contributed by atoms with Gasteiger partial charge in [0.15, 0.2) is 5.75 Å². The molecule has 0 bridgehead atoms. The number of hydrogen-bond donors (Lipinski definition) is 0. The molecule has 1 aromatic heterocycles. The lowest BCUT2D eigenvalue weighted by atomic mass is 10.1. The third-order valence-corrected chi connectivity index (χ3v) is 3.51. The van der Waals surface area contributed by atoms with E-state index in [0.29, 0.717) is 17.9 Å². The van der Waals surface area contributed by atoms with E-state index in [1.807, 2.05) is 25.1 Å². The normalized spacial score (nSPS) is 13.2. The zero-order valence-electron chi connectivity index (χ0n) is 12.2. The van der Waals surface area contributed by atoms with E-state index in [1.54, 1.807) is 11.0 Å². The van der Waals surface area contributed by atoms with Crippen molar-refractivity contribution in [3.05, 3.63) is 41.6 Å². The minimum Gasteiger partial charge on any atom is -0.435 e. The van der Waals surface area contributed by atoms with Crippen LogP contribution in [0.1, 0.15) is 35.7 Å². The molecule has 0 fully saturated rings. The van der Waals surface area contributed by atoms with Crippen LogP contribution in [0.3, 0.4) is 0 Å². The lowest BCUT2D eigenvalue weighted by Gasteiger charge is -2.22. The number of benzene rings is 1. The van der Waals surface area contributed by atoms with Gasteiger partial charge in [-0.1, -0.05) is 19.4 Å². The van der Waals surface area contributed by atoms with Crippen LogP contribution in [-0.4, -0.2) is 22.6 Å². The van der Waals surface area contributed by atoms with Crippen molar-refractivity contribution < 1.29 is 9.53 Å². The number of nitrogens with zero attached hydrogens (tertiary/aromatic N) is 3. The smallest absolute Gasteiger partial charge is 0.264 e. The highest BCUT2D eigenvalue weighted by Gasteiger charge is 2.28. The Morgan fingerprint density at radius 3 is 2.95 bits per heavy atom. The van der Waals surface area contributed by atoms with Gasteiger partial charge >= 0.3 is 0 Å². The predicted molar refractivity (Wildman–Crippen MR) is 79.9 cm³/mol. The Balaban J connectivity index is 2.14. The van der Waals surface area contributed by atoms with Gasteiger partial charge in [-0.25, -0.2) is 0 Å². The minimum absolute atomic E-state index is 0.0855. The number of unbranched alkanes of at least 4 members (excludes halogenated alkanes) is 1. The van der Waals surface area contributed by atoms with Crippen molar-refractivity contribution in [2.75, 3.05) is 11.4 Å². The Morgan fingerprint density at radius 2 is 2.14 bits per heavy atom. The zero-order valence-corrected chi connectivity index (χ0v) is 12.2. The molecule has 1 aromatic carbocycles. The number of aryl methyl sites for hydroxylation is 1. The first-order valence-corrected chi connectivity index (χ1v) is 7.12. The molecule has 0 aliphatic carbocycles. The van der Waals surface area contributed by atoms with Crippen molar-refractivity contribution in [2.45, 2.75) is 26.7 Å². The molecule has 1 amide bonds. The van der Waals surface area contributed by atoms with Gasteiger partial charge in [0.05, 0.1) is 11.9 Å². The van der Waals surface area contributed by atoms with E-state index in [2.05, 4.69) is 17.1 Å². The Morgan fingerprint density at radius 1 is 1.29 bits per heavy atom. The monoisotopic (exact) mass is 283 g/mol. The highest BCUT2D eigenvalue weighted by atomic mass is 16.5. The van der Waals surface area contributed by atoms with Crippen molar-refractivity contribution in [2.24, 2.45) is 0 Å². The molecule has 5 nitrogen and oxygen atoms in total. The number of amides is 1. The molecule has 21 heavy (non-hydrogen) atoms. The number of fused-ring (bicyclic) bond motifs is 2. The summed E-state index contributed by atoms with van der Waals surface area (Å²) in [7, 11) is 0. The number of carbonyl (C=O) groups is 1. The van der Waals surface area contributed by atoms with Crippen LogP contribution in [0, 0.1) is 6.92 Å². The molecular weight excluding hydrogens is 266 g/mol. The van der Waals surface area contributed by atoms with E-state index >= 15 is 0 Å². The molecule has 2 heterocycles. The molecule has 0 N–H and O–H groups in total. The van der Waals surface area contributed by atoms with Gasteiger partial charge in [-0.15, -0.1) is 5.10 Å². The van der Waals surface area contributed by atoms with Crippen molar-refractivity contribution in [3.63, 3.8) is 0 Å². The summed E-state index contributed by atoms with van der Waals surface area (Å²) in [6.45, 7) is 4.77. The summed E-state index contributed by atoms with van der Waals surface area (Å²) >= 11 is 0. The van der Waals surface area contributed by atoms with Gasteiger partial charge in [-0.2, -0.15) is 5.10 Å². The molecular formula is C16H17N3O2. The molecule has 0 unspecified atom stereocenters. The Kier molecular flexibility index (Phi) is 3.56. The van der Waals surface area contributed by atoms with Gasteiger partial charge in [0.1, 0.15) is 5.56 Å². The second-order valence-electron chi connectivity index (χ2n) is 5.13. The maximum absolute atomic E-state index is 12.8. The minimum atomic E-state index is -0.0855. The van der Waals surface area contributed by atoms with Gasteiger partial charge in [-0.05, 0) is 37.1 Å². The van der Waals surface area contributed by atoms with Crippen LogP contribution in [0.15, 0.2) is 30.5 Å². The van der Waals surface area contributed by atoms with Crippen LogP contribution < -0.4 is 9.64 Å². The molecule has 0 spiro atoms. The second kappa shape index (κ2) is 5.52. The summed E-state index contributed by atoms with van der Waals surface area (Å²) in [4.78, 5) is 14.6. The van der Waals surface area contributed by atoms with Gasteiger partial charge < -0.3 is 9.64 Å². The van der Waals surface area contributed by atoms with Crippen LogP contribution >= 0.6 is 0 Å². The highest BCUT2D eigenvalue weighted by molar-refractivity contribution is 6.09. The third kappa shape index (κ3) is 2.46. The highest BCUT2D eigenvalue weighted by Crippen LogP contribution is 2.38. The summed E-state index contributed by atoms with van der Waals surface area (Å²) in [5, 5.41) is 7.75. The first-order valence-electron chi connectivity index (χ1n) is 7.12. The van der Waals surface area contributed by atoms with Crippen molar-refractivity contribution in [1.29, 1.82) is 0 Å². The average Bonchev–Trinajstić information content (AvgIpc) is 2.60. The number of ether oxygens (including phenoxy) is 1. The SMILES string of the molecule is CCCCN1C(=O)c2ccnnc2Oc2ccc(C)cc21.